The molecule has 1 amide bonds. The summed E-state index contributed by atoms with van der Waals surface area (Å²) in [6.07, 6.45) is 4.69. The largest absolute Gasteiger partial charge is 0.349 e. The second kappa shape index (κ2) is 11.0. The van der Waals surface area contributed by atoms with Crippen molar-refractivity contribution in [3.05, 3.63) is 65.7 Å². The lowest BCUT2D eigenvalue weighted by Gasteiger charge is -2.31. The van der Waals surface area contributed by atoms with Crippen LogP contribution in [-0.2, 0) is 14.8 Å². The topological polar surface area (TPSA) is 66.5 Å². The predicted molar refractivity (Wildman–Crippen MR) is 119 cm³/mol. The summed E-state index contributed by atoms with van der Waals surface area (Å²) >= 11 is 0. The number of carbonyl (C=O) groups excluding carboxylic acids is 1. The van der Waals surface area contributed by atoms with Gasteiger partial charge in [0, 0.05) is 19.0 Å². The second-order valence-electron chi connectivity index (χ2n) is 8.22. The average Bonchev–Trinajstić information content (AvgIpc) is 2.80. The molecule has 174 valence electrons. The minimum atomic E-state index is -4.16. The third kappa shape index (κ3) is 5.92. The van der Waals surface area contributed by atoms with Gasteiger partial charge in [0.1, 0.15) is 16.5 Å². The van der Waals surface area contributed by atoms with Crippen LogP contribution >= 0.6 is 0 Å². The summed E-state index contributed by atoms with van der Waals surface area (Å²) in [6.45, 7) is 2.30. The molecule has 0 spiro atoms. The minimum Gasteiger partial charge on any atom is -0.349 e. The van der Waals surface area contributed by atoms with Gasteiger partial charge in [-0.25, -0.2) is 17.2 Å². The monoisotopic (exact) mass is 464 g/mol. The molecule has 0 saturated carbocycles. The van der Waals surface area contributed by atoms with E-state index in [1.54, 1.807) is 0 Å². The number of halogens is 2. The fourth-order valence-electron chi connectivity index (χ4n) is 4.07. The molecule has 32 heavy (non-hydrogen) atoms. The molecular formula is C24H30F2N2O3S. The van der Waals surface area contributed by atoms with Gasteiger partial charge in [-0.3, -0.25) is 4.79 Å². The Morgan fingerprint density at radius 3 is 2.44 bits per heavy atom. The van der Waals surface area contributed by atoms with Crippen molar-refractivity contribution in [2.45, 2.75) is 56.4 Å². The quantitative estimate of drug-likeness (QED) is 0.542. The lowest BCUT2D eigenvalue weighted by Crippen LogP contribution is -2.43. The standard InChI is InChI=1S/C24H30F2N2O3S/c1-2-3-5-10-22(18-8-6-4-7-9-18)27-24(29)19-13-15-28(16-14-19)32(30,31)23-17-20(25)11-12-21(23)26/h4,6-9,11-12,17,19,22H,2-3,5,10,13-16H2,1H3,(H,27,29). The number of nitrogens with one attached hydrogen (secondary N) is 1. The molecular weight excluding hydrogens is 434 g/mol. The van der Waals surface area contributed by atoms with Crippen LogP contribution in [0.25, 0.3) is 0 Å². The van der Waals surface area contributed by atoms with E-state index in [0.29, 0.717) is 18.9 Å². The molecule has 1 fully saturated rings. The van der Waals surface area contributed by atoms with Crippen LogP contribution in [0.1, 0.15) is 57.1 Å². The maximum absolute atomic E-state index is 14.0. The molecule has 1 aliphatic heterocycles. The Labute approximate surface area is 188 Å². The Kier molecular flexibility index (Phi) is 8.37. The zero-order valence-corrected chi connectivity index (χ0v) is 19.1. The SMILES string of the molecule is CCCCCC(NC(=O)C1CCN(S(=O)(=O)c2cc(F)ccc2F)CC1)c1ccccc1. The maximum atomic E-state index is 14.0. The number of unbranched alkanes of at least 4 members (excludes halogenated alkanes) is 2. The highest BCUT2D eigenvalue weighted by Gasteiger charge is 2.34. The maximum Gasteiger partial charge on any atom is 0.246 e. The van der Waals surface area contributed by atoms with Crippen LogP contribution in [0.5, 0.6) is 0 Å². The number of piperidine rings is 1. The molecule has 0 aromatic heterocycles. The van der Waals surface area contributed by atoms with Gasteiger partial charge in [0.15, 0.2) is 0 Å². The highest BCUT2D eigenvalue weighted by molar-refractivity contribution is 7.89. The number of nitrogens with zero attached hydrogens (tertiary/aromatic N) is 1. The van der Waals surface area contributed by atoms with Gasteiger partial charge in [-0.2, -0.15) is 4.31 Å². The minimum absolute atomic E-state index is 0.0848. The number of hydrogen-bond acceptors (Lipinski definition) is 3. The Morgan fingerprint density at radius 2 is 1.78 bits per heavy atom. The van der Waals surface area contributed by atoms with Crippen molar-refractivity contribution in [2.24, 2.45) is 5.92 Å². The predicted octanol–water partition coefficient (Wildman–Crippen LogP) is 4.80. The summed E-state index contributed by atoms with van der Waals surface area (Å²) in [7, 11) is -4.16. The van der Waals surface area contributed by atoms with Gasteiger partial charge in [0.25, 0.3) is 0 Å². The Balaban J connectivity index is 1.63. The zero-order chi connectivity index (χ0) is 23.1. The van der Waals surface area contributed by atoms with Gasteiger partial charge in [0.2, 0.25) is 15.9 Å². The van der Waals surface area contributed by atoms with Crippen LogP contribution in [0, 0.1) is 17.6 Å². The van der Waals surface area contributed by atoms with Crippen LogP contribution in [0.3, 0.4) is 0 Å². The van der Waals surface area contributed by atoms with Crippen molar-refractivity contribution in [1.29, 1.82) is 0 Å². The summed E-state index contributed by atoms with van der Waals surface area (Å²) in [6, 6.07) is 12.1. The smallest absolute Gasteiger partial charge is 0.246 e. The zero-order valence-electron chi connectivity index (χ0n) is 18.3. The first-order chi connectivity index (χ1) is 15.3. The molecule has 8 heteroatoms. The summed E-state index contributed by atoms with van der Waals surface area (Å²) in [5.41, 5.74) is 1.05. The number of carbonyl (C=O) groups is 1. The van der Waals surface area contributed by atoms with Crippen molar-refractivity contribution in [3.8, 4) is 0 Å². The van der Waals surface area contributed by atoms with Crippen LogP contribution in [0.15, 0.2) is 53.4 Å². The molecule has 1 atom stereocenters. The molecule has 0 radical (unpaired) electrons. The van der Waals surface area contributed by atoms with E-state index >= 15 is 0 Å². The van der Waals surface area contributed by atoms with Crippen molar-refractivity contribution < 1.29 is 22.0 Å². The van der Waals surface area contributed by atoms with Gasteiger partial charge < -0.3 is 5.32 Å². The van der Waals surface area contributed by atoms with Gasteiger partial charge in [-0.15, -0.1) is 0 Å². The molecule has 1 N–H and O–H groups in total. The molecule has 2 aromatic carbocycles. The fourth-order valence-corrected chi connectivity index (χ4v) is 5.61. The number of hydrogen-bond donors (Lipinski definition) is 1. The fraction of sp³-hybridized carbons (Fsp3) is 0.458. The van der Waals surface area contributed by atoms with E-state index in [2.05, 4.69) is 12.2 Å². The first-order valence-electron chi connectivity index (χ1n) is 11.1. The lowest BCUT2D eigenvalue weighted by molar-refractivity contribution is -0.127. The van der Waals surface area contributed by atoms with Crippen molar-refractivity contribution in [3.63, 3.8) is 0 Å². The normalized spacial score (nSPS) is 16.6. The summed E-state index contributed by atoms with van der Waals surface area (Å²) < 4.78 is 54.2. The average molecular weight is 465 g/mol. The number of benzene rings is 2. The Hall–Kier alpha value is -2.32. The van der Waals surface area contributed by atoms with Gasteiger partial charge in [-0.1, -0.05) is 56.5 Å². The highest BCUT2D eigenvalue weighted by atomic mass is 32.2. The van der Waals surface area contributed by atoms with E-state index in [1.165, 1.54) is 0 Å². The molecule has 2 aromatic rings. The third-order valence-corrected chi connectivity index (χ3v) is 7.86. The summed E-state index contributed by atoms with van der Waals surface area (Å²) in [5, 5.41) is 3.15. The second-order valence-corrected chi connectivity index (χ2v) is 10.1. The Morgan fingerprint density at radius 1 is 1.09 bits per heavy atom. The van der Waals surface area contributed by atoms with E-state index in [1.807, 2.05) is 30.3 Å². The van der Waals surface area contributed by atoms with Gasteiger partial charge in [0.05, 0.1) is 6.04 Å². The molecule has 1 heterocycles. The van der Waals surface area contributed by atoms with E-state index < -0.39 is 26.6 Å². The first-order valence-corrected chi connectivity index (χ1v) is 12.6. The number of rotatable bonds is 9. The van der Waals surface area contributed by atoms with Crippen LogP contribution in [0.2, 0.25) is 0 Å². The number of amides is 1. The molecule has 3 rings (SSSR count). The summed E-state index contributed by atoms with van der Waals surface area (Å²) in [4.78, 5) is 12.3. The third-order valence-electron chi connectivity index (χ3n) is 5.95. The van der Waals surface area contributed by atoms with E-state index in [4.69, 9.17) is 0 Å². The molecule has 0 aliphatic carbocycles. The molecule has 1 aliphatic rings. The van der Waals surface area contributed by atoms with E-state index in [9.17, 15) is 22.0 Å². The van der Waals surface area contributed by atoms with E-state index in [-0.39, 0.29) is 31.0 Å². The van der Waals surface area contributed by atoms with Crippen molar-refractivity contribution in [2.75, 3.05) is 13.1 Å². The number of sulfonamides is 1. The van der Waals surface area contributed by atoms with Crippen molar-refractivity contribution >= 4 is 15.9 Å². The van der Waals surface area contributed by atoms with Gasteiger partial charge in [-0.05, 0) is 43.0 Å². The molecule has 1 saturated heterocycles. The molecule has 0 bridgehead atoms. The van der Waals surface area contributed by atoms with Crippen molar-refractivity contribution in [1.82, 2.24) is 9.62 Å². The van der Waals surface area contributed by atoms with Crippen LogP contribution in [-0.4, -0.2) is 31.7 Å². The van der Waals surface area contributed by atoms with Crippen LogP contribution in [0.4, 0.5) is 8.78 Å². The van der Waals surface area contributed by atoms with E-state index in [0.717, 1.165) is 47.7 Å². The van der Waals surface area contributed by atoms with Gasteiger partial charge >= 0.3 is 0 Å². The Bertz CT molecular complexity index is 1010. The first kappa shape index (κ1) is 24.3. The van der Waals surface area contributed by atoms with Crippen LogP contribution < -0.4 is 5.32 Å². The highest BCUT2D eigenvalue weighted by Crippen LogP contribution is 2.27. The summed E-state index contributed by atoms with van der Waals surface area (Å²) in [5.74, 6) is -2.21. The lowest BCUT2D eigenvalue weighted by atomic mass is 9.95. The molecule has 5 nitrogen and oxygen atoms in total. The molecule has 1 unspecified atom stereocenters.